The van der Waals surface area contributed by atoms with Gasteiger partial charge in [0, 0.05) is 24.6 Å². The van der Waals surface area contributed by atoms with E-state index in [0.717, 1.165) is 29.3 Å². The van der Waals surface area contributed by atoms with E-state index in [2.05, 4.69) is 0 Å². The summed E-state index contributed by atoms with van der Waals surface area (Å²) in [6.07, 6.45) is 0. The number of nitro benzene ring substituents is 2. The van der Waals surface area contributed by atoms with Crippen molar-refractivity contribution in [2.24, 2.45) is 0 Å². The Morgan fingerprint density at radius 3 is 1.81 bits per heavy atom. The zero-order valence-corrected chi connectivity index (χ0v) is 13.6. The number of benzene rings is 2. The quantitative estimate of drug-likeness (QED) is 0.459. The Kier molecular flexibility index (Phi) is 4.04. The standard InChI is InChI=1S/C15H10N4O8/c1-16(6-11(20)21)17-14(22)7-2-4-9(18(24)25)13-10(19(26)27)5-3-8(12(7)13)15(17)23/h2-5H,6H2,1H3,(H,20,21). The fourth-order valence-electron chi connectivity index (χ4n) is 3.02. The highest BCUT2D eigenvalue weighted by Crippen LogP contribution is 2.40. The molecule has 0 bridgehead atoms. The fourth-order valence-corrected chi connectivity index (χ4v) is 3.02. The Labute approximate surface area is 149 Å². The van der Waals surface area contributed by atoms with E-state index in [1.54, 1.807) is 0 Å². The maximum Gasteiger partial charge on any atom is 0.319 e. The summed E-state index contributed by atoms with van der Waals surface area (Å²) in [5.74, 6) is -3.16. The molecule has 2 aromatic rings. The molecule has 0 spiro atoms. The number of carboxylic acid groups (broad SMARTS) is 1. The van der Waals surface area contributed by atoms with Crippen molar-refractivity contribution in [3.05, 3.63) is 55.6 Å². The third kappa shape index (κ3) is 2.64. The first-order valence-corrected chi connectivity index (χ1v) is 7.35. The van der Waals surface area contributed by atoms with Crippen molar-refractivity contribution >= 4 is 39.9 Å². The summed E-state index contributed by atoms with van der Waals surface area (Å²) in [5.41, 5.74) is -1.58. The number of rotatable bonds is 5. The van der Waals surface area contributed by atoms with Crippen LogP contribution in [0.25, 0.3) is 10.8 Å². The van der Waals surface area contributed by atoms with Crippen LogP contribution in [-0.2, 0) is 4.79 Å². The van der Waals surface area contributed by atoms with Gasteiger partial charge in [0.25, 0.3) is 23.2 Å². The fraction of sp³-hybridized carbons (Fsp3) is 0.133. The molecule has 0 radical (unpaired) electrons. The predicted octanol–water partition coefficient (Wildman–Crippen LogP) is 1.18. The molecule has 0 atom stereocenters. The molecular formula is C15H10N4O8. The number of hydrogen-bond acceptors (Lipinski definition) is 8. The lowest BCUT2D eigenvalue weighted by Crippen LogP contribution is -2.51. The minimum atomic E-state index is -1.29. The highest BCUT2D eigenvalue weighted by Gasteiger charge is 2.39. The van der Waals surface area contributed by atoms with Crippen LogP contribution in [-0.4, -0.2) is 56.3 Å². The molecule has 3 rings (SSSR count). The summed E-state index contributed by atoms with van der Waals surface area (Å²) in [7, 11) is 1.21. The van der Waals surface area contributed by atoms with Gasteiger partial charge in [-0.1, -0.05) is 0 Å². The van der Waals surface area contributed by atoms with Gasteiger partial charge in [-0.05, 0) is 12.1 Å². The van der Waals surface area contributed by atoms with Crippen molar-refractivity contribution in [3.63, 3.8) is 0 Å². The Bertz CT molecular complexity index is 995. The van der Waals surface area contributed by atoms with Gasteiger partial charge in [0.15, 0.2) is 0 Å². The number of hydrazine groups is 1. The van der Waals surface area contributed by atoms with Crippen molar-refractivity contribution < 1.29 is 29.3 Å². The second kappa shape index (κ2) is 6.10. The van der Waals surface area contributed by atoms with Crippen molar-refractivity contribution in [2.75, 3.05) is 13.6 Å². The van der Waals surface area contributed by atoms with Crippen LogP contribution in [0, 0.1) is 20.2 Å². The molecule has 138 valence electrons. The first-order chi connectivity index (χ1) is 12.6. The van der Waals surface area contributed by atoms with Gasteiger partial charge in [-0.3, -0.25) is 34.6 Å². The van der Waals surface area contributed by atoms with Gasteiger partial charge in [-0.15, -0.1) is 0 Å². The molecule has 2 aromatic carbocycles. The topological polar surface area (TPSA) is 164 Å². The van der Waals surface area contributed by atoms with E-state index in [9.17, 15) is 34.6 Å². The molecule has 0 fully saturated rings. The van der Waals surface area contributed by atoms with E-state index in [1.165, 1.54) is 7.05 Å². The Morgan fingerprint density at radius 1 is 1.00 bits per heavy atom. The number of aliphatic carboxylic acids is 1. The lowest BCUT2D eigenvalue weighted by atomic mass is 9.92. The maximum absolute atomic E-state index is 12.7. The molecule has 0 aromatic heterocycles. The number of likely N-dealkylation sites (N-methyl/N-ethyl adjacent to an activating group) is 1. The van der Waals surface area contributed by atoms with Crippen LogP contribution in [0.3, 0.4) is 0 Å². The SMILES string of the molecule is CN(CC(=O)O)N1C(=O)c2ccc([N+](=O)[O-])c3c([N+](=O)[O-])ccc(c23)C1=O. The molecule has 0 saturated carbocycles. The summed E-state index contributed by atoms with van der Waals surface area (Å²) in [6, 6.07) is 4.06. The van der Waals surface area contributed by atoms with Crippen molar-refractivity contribution in [1.82, 2.24) is 10.0 Å². The zero-order chi connectivity index (χ0) is 20.0. The largest absolute Gasteiger partial charge is 0.480 e. The highest BCUT2D eigenvalue weighted by atomic mass is 16.6. The molecule has 0 unspecified atom stereocenters. The molecule has 27 heavy (non-hydrogen) atoms. The Morgan fingerprint density at radius 2 is 1.44 bits per heavy atom. The summed E-state index contributed by atoms with van der Waals surface area (Å²) in [4.78, 5) is 57.3. The number of hydrogen-bond donors (Lipinski definition) is 1. The molecule has 1 aliphatic heterocycles. The third-order valence-corrected chi connectivity index (χ3v) is 4.06. The number of nitro groups is 2. The maximum atomic E-state index is 12.7. The van der Waals surface area contributed by atoms with E-state index < -0.39 is 50.9 Å². The number of carboxylic acids is 1. The molecule has 0 saturated heterocycles. The first-order valence-electron chi connectivity index (χ1n) is 7.35. The second-order valence-electron chi connectivity index (χ2n) is 5.66. The van der Waals surface area contributed by atoms with Crippen LogP contribution in [0.2, 0.25) is 0 Å². The molecule has 1 N–H and O–H groups in total. The third-order valence-electron chi connectivity index (χ3n) is 4.06. The van der Waals surface area contributed by atoms with Gasteiger partial charge in [0.05, 0.1) is 21.0 Å². The van der Waals surface area contributed by atoms with Gasteiger partial charge in [-0.2, -0.15) is 0 Å². The number of nitrogens with zero attached hydrogens (tertiary/aromatic N) is 4. The van der Waals surface area contributed by atoms with Gasteiger partial charge in [0.1, 0.15) is 11.9 Å². The minimum Gasteiger partial charge on any atom is -0.480 e. The van der Waals surface area contributed by atoms with Crippen molar-refractivity contribution in [3.8, 4) is 0 Å². The van der Waals surface area contributed by atoms with Crippen LogP contribution < -0.4 is 0 Å². The Hall–Kier alpha value is -3.93. The molecular weight excluding hydrogens is 364 g/mol. The molecule has 1 aliphatic rings. The summed E-state index contributed by atoms with van der Waals surface area (Å²) in [5, 5.41) is 32.3. The first kappa shape index (κ1) is 17.9. The van der Waals surface area contributed by atoms with Crippen molar-refractivity contribution in [2.45, 2.75) is 0 Å². The van der Waals surface area contributed by atoms with E-state index in [4.69, 9.17) is 5.11 Å². The van der Waals surface area contributed by atoms with Crippen LogP contribution >= 0.6 is 0 Å². The van der Waals surface area contributed by atoms with Crippen molar-refractivity contribution in [1.29, 1.82) is 0 Å². The van der Waals surface area contributed by atoms with Crippen LogP contribution in [0.4, 0.5) is 11.4 Å². The number of carbonyl (C=O) groups is 3. The minimum absolute atomic E-state index is 0.175. The Balaban J connectivity index is 2.35. The average molecular weight is 374 g/mol. The normalized spacial score (nSPS) is 13.3. The lowest BCUT2D eigenvalue weighted by molar-refractivity contribution is -0.390. The summed E-state index contributed by atoms with van der Waals surface area (Å²) >= 11 is 0. The number of imide groups is 1. The summed E-state index contributed by atoms with van der Waals surface area (Å²) < 4.78 is 0. The van der Waals surface area contributed by atoms with Crippen LogP contribution in [0.1, 0.15) is 20.7 Å². The lowest BCUT2D eigenvalue weighted by Gasteiger charge is -2.32. The highest BCUT2D eigenvalue weighted by molar-refractivity contribution is 6.27. The monoisotopic (exact) mass is 374 g/mol. The number of non-ortho nitro benzene ring substituents is 2. The molecule has 12 nitrogen and oxygen atoms in total. The molecule has 2 amide bonds. The van der Waals surface area contributed by atoms with Gasteiger partial charge in [-0.25, -0.2) is 10.0 Å². The summed E-state index contributed by atoms with van der Waals surface area (Å²) in [6.45, 7) is -0.657. The van der Waals surface area contributed by atoms with Gasteiger partial charge < -0.3 is 5.11 Å². The van der Waals surface area contributed by atoms with Crippen LogP contribution in [0.15, 0.2) is 24.3 Å². The molecule has 0 aliphatic carbocycles. The zero-order valence-electron chi connectivity index (χ0n) is 13.6. The van der Waals surface area contributed by atoms with E-state index in [0.29, 0.717) is 5.01 Å². The number of amides is 2. The van der Waals surface area contributed by atoms with Gasteiger partial charge in [0.2, 0.25) is 0 Å². The molecule has 12 heteroatoms. The van der Waals surface area contributed by atoms with E-state index in [-0.39, 0.29) is 16.5 Å². The predicted molar refractivity (Wildman–Crippen MR) is 88.0 cm³/mol. The number of carbonyl (C=O) groups excluding carboxylic acids is 2. The van der Waals surface area contributed by atoms with E-state index >= 15 is 0 Å². The van der Waals surface area contributed by atoms with Gasteiger partial charge >= 0.3 is 5.97 Å². The molecule has 1 heterocycles. The average Bonchev–Trinajstić information content (AvgIpc) is 2.57. The van der Waals surface area contributed by atoms with Crippen LogP contribution in [0.5, 0.6) is 0 Å². The van der Waals surface area contributed by atoms with E-state index in [1.807, 2.05) is 0 Å². The second-order valence-corrected chi connectivity index (χ2v) is 5.66. The smallest absolute Gasteiger partial charge is 0.319 e.